The predicted molar refractivity (Wildman–Crippen MR) is 79.7 cm³/mol. The zero-order valence-electron chi connectivity index (χ0n) is 11.7. The molecule has 0 spiro atoms. The molecule has 1 aromatic carbocycles. The van der Waals surface area contributed by atoms with Gasteiger partial charge in [0.05, 0.1) is 17.4 Å². The van der Waals surface area contributed by atoms with Crippen molar-refractivity contribution in [1.29, 1.82) is 0 Å². The van der Waals surface area contributed by atoms with Crippen molar-refractivity contribution < 1.29 is 9.59 Å². The Kier molecular flexibility index (Phi) is 3.85. The Labute approximate surface area is 122 Å². The molecule has 0 radical (unpaired) electrons. The SMILES string of the molecule is O=C(Nc1ccc2nc[nH]c2c1)C(=O)NC1CCCCC1. The number of anilines is 1. The lowest BCUT2D eigenvalue weighted by Gasteiger charge is -2.22. The summed E-state index contributed by atoms with van der Waals surface area (Å²) < 4.78 is 0. The van der Waals surface area contributed by atoms with E-state index in [0.29, 0.717) is 5.69 Å². The van der Waals surface area contributed by atoms with Crippen LogP contribution in [0.1, 0.15) is 32.1 Å². The Bertz CT molecular complexity index is 658. The summed E-state index contributed by atoms with van der Waals surface area (Å²) >= 11 is 0. The van der Waals surface area contributed by atoms with Crippen LogP contribution in [0.4, 0.5) is 5.69 Å². The average molecular weight is 286 g/mol. The van der Waals surface area contributed by atoms with Crippen molar-refractivity contribution in [1.82, 2.24) is 15.3 Å². The molecule has 0 unspecified atom stereocenters. The molecule has 0 saturated heterocycles. The molecule has 21 heavy (non-hydrogen) atoms. The monoisotopic (exact) mass is 286 g/mol. The number of benzene rings is 1. The van der Waals surface area contributed by atoms with Gasteiger partial charge in [-0.3, -0.25) is 9.59 Å². The van der Waals surface area contributed by atoms with E-state index in [4.69, 9.17) is 0 Å². The molecule has 1 saturated carbocycles. The highest BCUT2D eigenvalue weighted by Crippen LogP contribution is 2.18. The smallest absolute Gasteiger partial charge is 0.313 e. The van der Waals surface area contributed by atoms with Crippen LogP contribution in [0, 0.1) is 0 Å². The van der Waals surface area contributed by atoms with Crippen LogP contribution in [-0.2, 0) is 9.59 Å². The molecule has 0 atom stereocenters. The second-order valence-electron chi connectivity index (χ2n) is 5.40. The van der Waals surface area contributed by atoms with Crippen LogP contribution >= 0.6 is 0 Å². The number of aromatic nitrogens is 2. The molecule has 0 aliphatic heterocycles. The first-order chi connectivity index (χ1) is 10.2. The molecule has 1 fully saturated rings. The first-order valence-electron chi connectivity index (χ1n) is 7.27. The normalized spacial score (nSPS) is 15.8. The maximum absolute atomic E-state index is 11.9. The van der Waals surface area contributed by atoms with Crippen LogP contribution < -0.4 is 10.6 Å². The van der Waals surface area contributed by atoms with E-state index in [1.54, 1.807) is 24.5 Å². The van der Waals surface area contributed by atoms with Crippen molar-refractivity contribution in [3.8, 4) is 0 Å². The van der Waals surface area contributed by atoms with Gasteiger partial charge in [0.1, 0.15) is 0 Å². The summed E-state index contributed by atoms with van der Waals surface area (Å²) in [6.45, 7) is 0. The van der Waals surface area contributed by atoms with Gasteiger partial charge in [-0.25, -0.2) is 4.98 Å². The Hall–Kier alpha value is -2.37. The first-order valence-corrected chi connectivity index (χ1v) is 7.27. The van der Waals surface area contributed by atoms with Gasteiger partial charge < -0.3 is 15.6 Å². The molecule has 6 heteroatoms. The Morgan fingerprint density at radius 1 is 1.14 bits per heavy atom. The average Bonchev–Trinajstić information content (AvgIpc) is 2.95. The number of rotatable bonds is 2. The van der Waals surface area contributed by atoms with Gasteiger partial charge >= 0.3 is 11.8 Å². The molecule has 1 aliphatic rings. The van der Waals surface area contributed by atoms with Crippen molar-refractivity contribution in [3.05, 3.63) is 24.5 Å². The highest BCUT2D eigenvalue weighted by Gasteiger charge is 2.20. The summed E-state index contributed by atoms with van der Waals surface area (Å²) in [5, 5.41) is 5.41. The van der Waals surface area contributed by atoms with Crippen molar-refractivity contribution in [2.45, 2.75) is 38.1 Å². The predicted octanol–water partition coefficient (Wildman–Crippen LogP) is 1.95. The van der Waals surface area contributed by atoms with Crippen LogP contribution in [-0.4, -0.2) is 27.8 Å². The molecule has 1 heterocycles. The van der Waals surface area contributed by atoms with E-state index in [2.05, 4.69) is 20.6 Å². The quantitative estimate of drug-likeness (QED) is 0.737. The lowest BCUT2D eigenvalue weighted by atomic mass is 9.95. The third-order valence-electron chi connectivity index (χ3n) is 3.82. The number of H-pyrrole nitrogens is 1. The minimum atomic E-state index is -0.626. The van der Waals surface area contributed by atoms with Crippen LogP contribution in [0.25, 0.3) is 11.0 Å². The number of nitrogens with one attached hydrogen (secondary N) is 3. The second-order valence-corrected chi connectivity index (χ2v) is 5.40. The van der Waals surface area contributed by atoms with Gasteiger partial charge in [0, 0.05) is 11.7 Å². The second kappa shape index (κ2) is 5.95. The molecule has 1 aromatic heterocycles. The van der Waals surface area contributed by atoms with Crippen molar-refractivity contribution >= 4 is 28.5 Å². The molecule has 3 rings (SSSR count). The van der Waals surface area contributed by atoms with Crippen LogP contribution in [0.15, 0.2) is 24.5 Å². The summed E-state index contributed by atoms with van der Waals surface area (Å²) in [6.07, 6.45) is 6.94. The van der Waals surface area contributed by atoms with Gasteiger partial charge in [-0.1, -0.05) is 19.3 Å². The fourth-order valence-corrected chi connectivity index (χ4v) is 2.70. The van der Waals surface area contributed by atoms with E-state index in [1.165, 1.54) is 6.42 Å². The Morgan fingerprint density at radius 2 is 1.95 bits per heavy atom. The number of imidazole rings is 1. The number of nitrogens with zero attached hydrogens (tertiary/aromatic N) is 1. The van der Waals surface area contributed by atoms with E-state index in [9.17, 15) is 9.59 Å². The van der Waals surface area contributed by atoms with Gasteiger partial charge in [0.25, 0.3) is 0 Å². The molecule has 1 aliphatic carbocycles. The van der Waals surface area contributed by atoms with Gasteiger partial charge in [0.2, 0.25) is 0 Å². The summed E-state index contributed by atoms with van der Waals surface area (Å²) in [4.78, 5) is 30.9. The number of hydrogen-bond acceptors (Lipinski definition) is 3. The molecule has 110 valence electrons. The fraction of sp³-hybridized carbons (Fsp3) is 0.400. The zero-order chi connectivity index (χ0) is 14.7. The topological polar surface area (TPSA) is 86.9 Å². The minimum Gasteiger partial charge on any atom is -0.345 e. The highest BCUT2D eigenvalue weighted by molar-refractivity contribution is 6.39. The number of fused-ring (bicyclic) bond motifs is 1. The van der Waals surface area contributed by atoms with Gasteiger partial charge in [0.15, 0.2) is 0 Å². The fourth-order valence-electron chi connectivity index (χ4n) is 2.70. The van der Waals surface area contributed by atoms with E-state index in [0.717, 1.165) is 36.7 Å². The van der Waals surface area contributed by atoms with Crippen molar-refractivity contribution in [3.63, 3.8) is 0 Å². The standard InChI is InChI=1S/C15H18N4O2/c20-14(18-10-4-2-1-3-5-10)15(21)19-11-6-7-12-13(8-11)17-9-16-12/h6-10H,1-5H2,(H,16,17)(H,18,20)(H,19,21). The van der Waals surface area contributed by atoms with E-state index < -0.39 is 11.8 Å². The van der Waals surface area contributed by atoms with Crippen LogP contribution in [0.3, 0.4) is 0 Å². The van der Waals surface area contributed by atoms with Crippen molar-refractivity contribution in [2.75, 3.05) is 5.32 Å². The van der Waals surface area contributed by atoms with E-state index in [1.807, 2.05) is 0 Å². The lowest BCUT2D eigenvalue weighted by Crippen LogP contribution is -2.42. The van der Waals surface area contributed by atoms with Crippen LogP contribution in [0.2, 0.25) is 0 Å². The third-order valence-corrected chi connectivity index (χ3v) is 3.82. The summed E-state index contributed by atoms with van der Waals surface area (Å²) in [6, 6.07) is 5.41. The largest absolute Gasteiger partial charge is 0.345 e. The molecule has 2 amide bonds. The van der Waals surface area contributed by atoms with Gasteiger partial charge in [-0.2, -0.15) is 0 Å². The van der Waals surface area contributed by atoms with Crippen molar-refractivity contribution in [2.24, 2.45) is 0 Å². The highest BCUT2D eigenvalue weighted by atomic mass is 16.2. The van der Waals surface area contributed by atoms with Gasteiger partial charge in [-0.15, -0.1) is 0 Å². The van der Waals surface area contributed by atoms with E-state index in [-0.39, 0.29) is 6.04 Å². The minimum absolute atomic E-state index is 0.132. The molecule has 6 nitrogen and oxygen atoms in total. The van der Waals surface area contributed by atoms with Gasteiger partial charge in [-0.05, 0) is 31.0 Å². The Morgan fingerprint density at radius 3 is 2.76 bits per heavy atom. The van der Waals surface area contributed by atoms with E-state index >= 15 is 0 Å². The molecule has 0 bridgehead atoms. The number of amides is 2. The Balaban J connectivity index is 1.60. The molecular formula is C15H18N4O2. The molecule has 3 N–H and O–H groups in total. The molecular weight excluding hydrogens is 268 g/mol. The zero-order valence-corrected chi connectivity index (χ0v) is 11.7. The lowest BCUT2D eigenvalue weighted by molar-refractivity contribution is -0.136. The number of carbonyl (C=O) groups excluding carboxylic acids is 2. The summed E-state index contributed by atoms with van der Waals surface area (Å²) in [5.74, 6) is -1.19. The number of carbonyl (C=O) groups is 2. The maximum atomic E-state index is 11.9. The first kappa shape index (κ1) is 13.6. The number of hydrogen-bond donors (Lipinski definition) is 3. The summed E-state index contributed by atoms with van der Waals surface area (Å²) in [5.41, 5.74) is 2.22. The maximum Gasteiger partial charge on any atom is 0.313 e. The number of aromatic amines is 1. The third kappa shape index (κ3) is 3.21. The van der Waals surface area contributed by atoms with Crippen LogP contribution in [0.5, 0.6) is 0 Å². The summed E-state index contributed by atoms with van der Waals surface area (Å²) in [7, 11) is 0. The molecule has 2 aromatic rings.